The third-order valence-electron chi connectivity index (χ3n) is 4.66. The largest absolute Gasteiger partial charge is 0.335 e. The first kappa shape index (κ1) is 13.6. The van der Waals surface area contributed by atoms with Crippen molar-refractivity contribution in [3.63, 3.8) is 0 Å². The standard InChI is InChI=1S/C15H25NO2/c1-2-12-7-8-15(18)16(10-9-12)11-14(17)13-5-3-4-6-13/h12-13H,2-11H2,1H3. The lowest BCUT2D eigenvalue weighted by Crippen LogP contribution is -2.37. The lowest BCUT2D eigenvalue weighted by molar-refractivity contribution is -0.136. The lowest BCUT2D eigenvalue weighted by Gasteiger charge is -2.21. The van der Waals surface area contributed by atoms with Gasteiger partial charge in [0.1, 0.15) is 0 Å². The first-order chi connectivity index (χ1) is 8.70. The van der Waals surface area contributed by atoms with E-state index in [2.05, 4.69) is 6.92 Å². The maximum atomic E-state index is 12.1. The van der Waals surface area contributed by atoms with E-state index in [4.69, 9.17) is 0 Å². The van der Waals surface area contributed by atoms with Gasteiger partial charge >= 0.3 is 0 Å². The van der Waals surface area contributed by atoms with Crippen LogP contribution in [0, 0.1) is 11.8 Å². The molecule has 1 unspecified atom stereocenters. The number of hydrogen-bond acceptors (Lipinski definition) is 2. The number of nitrogens with zero attached hydrogens (tertiary/aromatic N) is 1. The summed E-state index contributed by atoms with van der Waals surface area (Å²) in [5.41, 5.74) is 0. The van der Waals surface area contributed by atoms with Crippen molar-refractivity contribution in [3.8, 4) is 0 Å². The minimum Gasteiger partial charge on any atom is -0.335 e. The van der Waals surface area contributed by atoms with Gasteiger partial charge in [-0.15, -0.1) is 0 Å². The molecule has 2 fully saturated rings. The van der Waals surface area contributed by atoms with Crippen LogP contribution in [0.2, 0.25) is 0 Å². The third kappa shape index (κ3) is 3.33. The molecule has 2 rings (SSSR count). The number of amides is 1. The number of rotatable bonds is 4. The van der Waals surface area contributed by atoms with Gasteiger partial charge in [-0.1, -0.05) is 26.2 Å². The predicted octanol–water partition coefficient (Wildman–Crippen LogP) is 2.78. The highest BCUT2D eigenvalue weighted by Gasteiger charge is 2.27. The molecule has 3 heteroatoms. The fourth-order valence-electron chi connectivity index (χ4n) is 3.23. The first-order valence-electron chi connectivity index (χ1n) is 7.51. The Kier molecular flexibility index (Phi) is 4.79. The van der Waals surface area contributed by atoms with Crippen molar-refractivity contribution < 1.29 is 9.59 Å². The van der Waals surface area contributed by atoms with Crippen molar-refractivity contribution in [2.24, 2.45) is 11.8 Å². The average Bonchev–Trinajstić information content (AvgIpc) is 2.85. The van der Waals surface area contributed by atoms with E-state index in [9.17, 15) is 9.59 Å². The van der Waals surface area contributed by atoms with Crippen molar-refractivity contribution in [3.05, 3.63) is 0 Å². The Labute approximate surface area is 110 Å². The molecule has 1 amide bonds. The Morgan fingerprint density at radius 1 is 1.22 bits per heavy atom. The molecule has 1 saturated carbocycles. The summed E-state index contributed by atoms with van der Waals surface area (Å²) in [4.78, 5) is 25.9. The molecule has 3 nitrogen and oxygen atoms in total. The van der Waals surface area contributed by atoms with Crippen LogP contribution >= 0.6 is 0 Å². The topological polar surface area (TPSA) is 37.4 Å². The van der Waals surface area contributed by atoms with E-state index in [0.717, 1.165) is 38.6 Å². The summed E-state index contributed by atoms with van der Waals surface area (Å²) in [6, 6.07) is 0. The van der Waals surface area contributed by atoms with E-state index in [-0.39, 0.29) is 11.8 Å². The molecule has 0 N–H and O–H groups in total. The van der Waals surface area contributed by atoms with E-state index < -0.39 is 0 Å². The summed E-state index contributed by atoms with van der Waals surface area (Å²) >= 11 is 0. The van der Waals surface area contributed by atoms with Gasteiger partial charge in [0.25, 0.3) is 0 Å². The Balaban J connectivity index is 1.87. The zero-order valence-electron chi connectivity index (χ0n) is 11.5. The summed E-state index contributed by atoms with van der Waals surface area (Å²) in [5.74, 6) is 1.40. The van der Waals surface area contributed by atoms with Gasteiger partial charge in [-0.25, -0.2) is 0 Å². The maximum absolute atomic E-state index is 12.1. The number of likely N-dealkylation sites (tertiary alicyclic amines) is 1. The second-order valence-corrected chi connectivity index (χ2v) is 5.86. The summed E-state index contributed by atoms with van der Waals surface area (Å²) < 4.78 is 0. The fourth-order valence-corrected chi connectivity index (χ4v) is 3.23. The number of carbonyl (C=O) groups is 2. The number of carbonyl (C=O) groups excluding carboxylic acids is 2. The van der Waals surface area contributed by atoms with Crippen LogP contribution in [0.1, 0.15) is 58.3 Å². The van der Waals surface area contributed by atoms with Crippen LogP contribution in [0.15, 0.2) is 0 Å². The molecule has 18 heavy (non-hydrogen) atoms. The van der Waals surface area contributed by atoms with Crippen LogP contribution in [-0.4, -0.2) is 29.7 Å². The van der Waals surface area contributed by atoms with Crippen LogP contribution in [0.5, 0.6) is 0 Å². The minimum absolute atomic E-state index is 0.192. The van der Waals surface area contributed by atoms with Crippen LogP contribution in [0.4, 0.5) is 0 Å². The van der Waals surface area contributed by atoms with E-state index in [1.54, 1.807) is 0 Å². The molecule has 1 aliphatic heterocycles. The van der Waals surface area contributed by atoms with Gasteiger partial charge in [-0.05, 0) is 31.6 Å². The molecule has 0 radical (unpaired) electrons. The molecule has 0 spiro atoms. The van der Waals surface area contributed by atoms with Crippen molar-refractivity contribution in [2.45, 2.75) is 58.3 Å². The number of Topliss-reactive ketones (excluding diaryl/α,β-unsaturated/α-hetero) is 1. The predicted molar refractivity (Wildman–Crippen MR) is 71.2 cm³/mol. The molecule has 0 bridgehead atoms. The maximum Gasteiger partial charge on any atom is 0.222 e. The molecule has 1 aliphatic carbocycles. The molecular formula is C15H25NO2. The van der Waals surface area contributed by atoms with Crippen LogP contribution < -0.4 is 0 Å². The fraction of sp³-hybridized carbons (Fsp3) is 0.867. The van der Waals surface area contributed by atoms with Gasteiger partial charge in [0.15, 0.2) is 5.78 Å². The van der Waals surface area contributed by atoms with Gasteiger partial charge < -0.3 is 4.90 Å². The molecule has 0 aromatic carbocycles. The Morgan fingerprint density at radius 2 is 1.94 bits per heavy atom. The highest BCUT2D eigenvalue weighted by atomic mass is 16.2. The van der Waals surface area contributed by atoms with Crippen molar-refractivity contribution in [1.82, 2.24) is 4.90 Å². The Hall–Kier alpha value is -0.860. The first-order valence-corrected chi connectivity index (χ1v) is 7.51. The monoisotopic (exact) mass is 251 g/mol. The molecule has 1 heterocycles. The van der Waals surface area contributed by atoms with Crippen molar-refractivity contribution in [2.75, 3.05) is 13.1 Å². The molecule has 1 saturated heterocycles. The second kappa shape index (κ2) is 6.35. The average molecular weight is 251 g/mol. The van der Waals surface area contributed by atoms with Crippen LogP contribution in [-0.2, 0) is 9.59 Å². The van der Waals surface area contributed by atoms with Gasteiger partial charge in [0.2, 0.25) is 5.91 Å². The second-order valence-electron chi connectivity index (χ2n) is 5.86. The highest BCUT2D eigenvalue weighted by molar-refractivity contribution is 5.87. The lowest BCUT2D eigenvalue weighted by atomic mass is 9.98. The minimum atomic E-state index is 0.192. The van der Waals surface area contributed by atoms with Gasteiger partial charge in [0.05, 0.1) is 6.54 Å². The van der Waals surface area contributed by atoms with E-state index >= 15 is 0 Å². The molecule has 0 aromatic heterocycles. The number of ketones is 1. The van der Waals surface area contributed by atoms with Gasteiger partial charge in [0, 0.05) is 18.9 Å². The molecule has 102 valence electrons. The molecule has 1 atom stereocenters. The van der Waals surface area contributed by atoms with Crippen molar-refractivity contribution >= 4 is 11.7 Å². The summed E-state index contributed by atoms with van der Waals surface area (Å²) in [6.45, 7) is 3.35. The smallest absolute Gasteiger partial charge is 0.222 e. The van der Waals surface area contributed by atoms with E-state index in [0.29, 0.717) is 24.7 Å². The van der Waals surface area contributed by atoms with Crippen LogP contribution in [0.25, 0.3) is 0 Å². The van der Waals surface area contributed by atoms with E-state index in [1.165, 1.54) is 12.8 Å². The summed E-state index contributed by atoms with van der Waals surface area (Å²) in [7, 11) is 0. The van der Waals surface area contributed by atoms with Crippen molar-refractivity contribution in [1.29, 1.82) is 0 Å². The molecule has 0 aromatic rings. The normalized spacial score (nSPS) is 26.4. The Morgan fingerprint density at radius 3 is 2.61 bits per heavy atom. The summed E-state index contributed by atoms with van der Waals surface area (Å²) in [6.07, 6.45) is 8.30. The van der Waals surface area contributed by atoms with Gasteiger partial charge in [-0.3, -0.25) is 9.59 Å². The highest BCUT2D eigenvalue weighted by Crippen LogP contribution is 2.26. The zero-order chi connectivity index (χ0) is 13.0. The third-order valence-corrected chi connectivity index (χ3v) is 4.66. The van der Waals surface area contributed by atoms with Gasteiger partial charge in [-0.2, -0.15) is 0 Å². The number of hydrogen-bond donors (Lipinski definition) is 0. The summed E-state index contributed by atoms with van der Waals surface area (Å²) in [5, 5.41) is 0. The quantitative estimate of drug-likeness (QED) is 0.770. The molecule has 2 aliphatic rings. The SMILES string of the molecule is CCC1CCC(=O)N(CC(=O)C2CCCC2)CC1. The molecular weight excluding hydrogens is 226 g/mol. The zero-order valence-corrected chi connectivity index (χ0v) is 11.5. The van der Waals surface area contributed by atoms with Crippen LogP contribution in [0.3, 0.4) is 0 Å². The Bertz CT molecular complexity index is 308. The van der Waals surface area contributed by atoms with E-state index in [1.807, 2.05) is 4.90 Å².